The molecule has 1 aliphatic rings. The minimum Gasteiger partial charge on any atom is -0.349 e. The molecule has 0 saturated heterocycles. The van der Waals surface area contributed by atoms with Crippen LogP contribution in [0.2, 0.25) is 0 Å². The predicted octanol–water partition coefficient (Wildman–Crippen LogP) is 2.46. The van der Waals surface area contributed by atoms with E-state index in [0.717, 1.165) is 23.0 Å². The highest BCUT2D eigenvalue weighted by Crippen LogP contribution is 2.39. The Labute approximate surface area is 133 Å². The van der Waals surface area contributed by atoms with Crippen molar-refractivity contribution in [1.82, 2.24) is 30.1 Å². The van der Waals surface area contributed by atoms with Crippen LogP contribution in [-0.2, 0) is 6.54 Å². The number of nitrogens with zero attached hydrogens (tertiary/aromatic N) is 4. The molecule has 0 radical (unpaired) electrons. The maximum Gasteiger partial charge on any atom is 0.225 e. The van der Waals surface area contributed by atoms with Crippen LogP contribution in [0.25, 0.3) is 0 Å². The minimum absolute atomic E-state index is 0.569. The summed E-state index contributed by atoms with van der Waals surface area (Å²) >= 11 is 0. The second kappa shape index (κ2) is 5.71. The number of hydrogen-bond acceptors (Lipinski definition) is 6. The fourth-order valence-corrected chi connectivity index (χ4v) is 2.40. The zero-order chi connectivity index (χ0) is 15.6. The second-order valence-electron chi connectivity index (χ2n) is 5.76. The molecule has 0 spiro atoms. The maximum atomic E-state index is 4.48. The van der Waals surface area contributed by atoms with E-state index in [1.54, 1.807) is 12.5 Å². The third kappa shape index (κ3) is 3.31. The number of aromatic amines is 2. The van der Waals surface area contributed by atoms with Gasteiger partial charge >= 0.3 is 0 Å². The van der Waals surface area contributed by atoms with Crippen LogP contribution in [-0.4, -0.2) is 30.1 Å². The standard InChI is InChI=1S/C15H18N8/c1-9-4-13(20-14-5-12(22-23-14)10-2-3-10)21-15(19-9)17-7-11-6-16-8-18-11/h4-6,8,10H,2-3,7H2,1H3,(H,16,18)(H3,17,19,20,21,22,23). The summed E-state index contributed by atoms with van der Waals surface area (Å²) in [5.74, 6) is 2.72. The van der Waals surface area contributed by atoms with E-state index < -0.39 is 0 Å². The number of anilines is 3. The van der Waals surface area contributed by atoms with E-state index in [1.807, 2.05) is 19.1 Å². The normalized spacial score (nSPS) is 14.0. The van der Waals surface area contributed by atoms with Gasteiger partial charge in [-0.3, -0.25) is 5.10 Å². The second-order valence-corrected chi connectivity index (χ2v) is 5.76. The van der Waals surface area contributed by atoms with Gasteiger partial charge in [0.15, 0.2) is 5.82 Å². The van der Waals surface area contributed by atoms with Gasteiger partial charge in [-0.05, 0) is 19.8 Å². The van der Waals surface area contributed by atoms with E-state index in [2.05, 4.69) is 40.8 Å². The highest BCUT2D eigenvalue weighted by Gasteiger charge is 2.25. The van der Waals surface area contributed by atoms with Gasteiger partial charge in [0.25, 0.3) is 0 Å². The van der Waals surface area contributed by atoms with Gasteiger partial charge in [0.05, 0.1) is 18.6 Å². The molecule has 0 unspecified atom stereocenters. The van der Waals surface area contributed by atoms with Gasteiger partial charge in [-0.15, -0.1) is 0 Å². The number of aryl methyl sites for hydroxylation is 1. The van der Waals surface area contributed by atoms with Gasteiger partial charge in [0.1, 0.15) is 5.82 Å². The van der Waals surface area contributed by atoms with E-state index in [1.165, 1.54) is 18.5 Å². The first-order chi connectivity index (χ1) is 11.3. The SMILES string of the molecule is Cc1cc(Nc2cc(C3CC3)[nH]n2)nc(NCc2cnc[nH]2)n1. The molecular formula is C15H18N8. The predicted molar refractivity (Wildman–Crippen MR) is 86.5 cm³/mol. The van der Waals surface area contributed by atoms with Crippen molar-refractivity contribution in [3.63, 3.8) is 0 Å². The van der Waals surface area contributed by atoms with Crippen molar-refractivity contribution in [3.8, 4) is 0 Å². The van der Waals surface area contributed by atoms with Gasteiger partial charge in [-0.2, -0.15) is 10.1 Å². The van der Waals surface area contributed by atoms with Crippen molar-refractivity contribution in [1.29, 1.82) is 0 Å². The highest BCUT2D eigenvalue weighted by atomic mass is 15.2. The Balaban J connectivity index is 1.46. The number of imidazole rings is 1. The van der Waals surface area contributed by atoms with Crippen LogP contribution in [0.15, 0.2) is 24.7 Å². The topological polar surface area (TPSA) is 107 Å². The lowest BCUT2D eigenvalue weighted by Gasteiger charge is -2.07. The molecule has 1 aliphatic carbocycles. The van der Waals surface area contributed by atoms with E-state index in [4.69, 9.17) is 0 Å². The molecule has 8 heteroatoms. The van der Waals surface area contributed by atoms with Gasteiger partial charge in [0.2, 0.25) is 5.95 Å². The molecule has 0 amide bonds. The zero-order valence-electron chi connectivity index (χ0n) is 12.8. The average Bonchev–Trinajstić information content (AvgIpc) is 3.06. The van der Waals surface area contributed by atoms with Gasteiger partial charge < -0.3 is 15.6 Å². The Hall–Kier alpha value is -2.90. The third-order valence-electron chi connectivity index (χ3n) is 3.72. The maximum absolute atomic E-state index is 4.48. The first-order valence-electron chi connectivity index (χ1n) is 7.65. The van der Waals surface area contributed by atoms with E-state index in [9.17, 15) is 0 Å². The monoisotopic (exact) mass is 310 g/mol. The summed E-state index contributed by atoms with van der Waals surface area (Å²) in [7, 11) is 0. The molecule has 1 saturated carbocycles. The van der Waals surface area contributed by atoms with Crippen LogP contribution in [0.4, 0.5) is 17.6 Å². The fourth-order valence-electron chi connectivity index (χ4n) is 2.40. The smallest absolute Gasteiger partial charge is 0.225 e. The van der Waals surface area contributed by atoms with E-state index >= 15 is 0 Å². The fraction of sp³-hybridized carbons (Fsp3) is 0.333. The molecule has 0 aliphatic heterocycles. The van der Waals surface area contributed by atoms with Crippen molar-refractivity contribution in [2.24, 2.45) is 0 Å². The molecule has 3 aromatic heterocycles. The molecule has 118 valence electrons. The Morgan fingerprint density at radius 2 is 2.13 bits per heavy atom. The molecule has 4 rings (SSSR count). The summed E-state index contributed by atoms with van der Waals surface area (Å²) in [4.78, 5) is 15.9. The number of aromatic nitrogens is 6. The molecule has 0 aromatic carbocycles. The van der Waals surface area contributed by atoms with Crippen molar-refractivity contribution in [2.45, 2.75) is 32.2 Å². The van der Waals surface area contributed by atoms with Gasteiger partial charge in [-0.1, -0.05) is 0 Å². The molecular weight excluding hydrogens is 292 g/mol. The quantitative estimate of drug-likeness (QED) is 0.557. The molecule has 3 heterocycles. The van der Waals surface area contributed by atoms with Crippen molar-refractivity contribution >= 4 is 17.6 Å². The van der Waals surface area contributed by atoms with Crippen LogP contribution >= 0.6 is 0 Å². The highest BCUT2D eigenvalue weighted by molar-refractivity contribution is 5.54. The summed E-state index contributed by atoms with van der Waals surface area (Å²) in [6.45, 7) is 2.53. The summed E-state index contributed by atoms with van der Waals surface area (Å²) in [5, 5.41) is 13.8. The summed E-state index contributed by atoms with van der Waals surface area (Å²) < 4.78 is 0. The van der Waals surface area contributed by atoms with Gasteiger partial charge in [-0.25, -0.2) is 9.97 Å². The zero-order valence-corrected chi connectivity index (χ0v) is 12.8. The first kappa shape index (κ1) is 13.7. The largest absolute Gasteiger partial charge is 0.349 e. The number of rotatable bonds is 6. The lowest BCUT2D eigenvalue weighted by Crippen LogP contribution is -2.06. The molecule has 1 fully saturated rings. The Morgan fingerprint density at radius 3 is 2.91 bits per heavy atom. The summed E-state index contributed by atoms with van der Waals surface area (Å²) in [6.07, 6.45) is 5.91. The van der Waals surface area contributed by atoms with Crippen LogP contribution in [0.3, 0.4) is 0 Å². The third-order valence-corrected chi connectivity index (χ3v) is 3.72. The summed E-state index contributed by atoms with van der Waals surface area (Å²) in [6, 6.07) is 3.94. The summed E-state index contributed by atoms with van der Waals surface area (Å²) in [5.41, 5.74) is 3.05. The number of hydrogen-bond donors (Lipinski definition) is 4. The Morgan fingerprint density at radius 1 is 1.22 bits per heavy atom. The number of nitrogens with one attached hydrogen (secondary N) is 4. The van der Waals surface area contributed by atoms with Crippen LogP contribution in [0, 0.1) is 6.92 Å². The molecule has 0 bridgehead atoms. The molecule has 4 N–H and O–H groups in total. The van der Waals surface area contributed by atoms with E-state index in [-0.39, 0.29) is 0 Å². The molecule has 8 nitrogen and oxygen atoms in total. The van der Waals surface area contributed by atoms with Crippen LogP contribution < -0.4 is 10.6 Å². The first-order valence-corrected chi connectivity index (χ1v) is 7.65. The molecule has 0 atom stereocenters. The van der Waals surface area contributed by atoms with Gasteiger partial charge in [0, 0.05) is 35.6 Å². The van der Waals surface area contributed by atoms with E-state index in [0.29, 0.717) is 18.4 Å². The Kier molecular flexibility index (Phi) is 3.41. The van der Waals surface area contributed by atoms with Crippen molar-refractivity contribution in [2.75, 3.05) is 10.6 Å². The Bertz CT molecular complexity index is 788. The van der Waals surface area contributed by atoms with Crippen LogP contribution in [0.1, 0.15) is 35.8 Å². The molecule has 23 heavy (non-hydrogen) atoms. The molecule has 3 aromatic rings. The number of H-pyrrole nitrogens is 2. The average molecular weight is 310 g/mol. The minimum atomic E-state index is 0.569. The van der Waals surface area contributed by atoms with Crippen molar-refractivity contribution < 1.29 is 0 Å². The lowest BCUT2D eigenvalue weighted by atomic mass is 10.3. The van der Waals surface area contributed by atoms with Crippen molar-refractivity contribution in [3.05, 3.63) is 41.7 Å². The lowest BCUT2D eigenvalue weighted by molar-refractivity contribution is 0.965. The van der Waals surface area contributed by atoms with Crippen LogP contribution in [0.5, 0.6) is 0 Å².